The van der Waals surface area contributed by atoms with E-state index in [9.17, 15) is 4.79 Å². The minimum atomic E-state index is -0.154. The van der Waals surface area contributed by atoms with Gasteiger partial charge < -0.3 is 9.30 Å². The molecule has 0 saturated carbocycles. The highest BCUT2D eigenvalue weighted by Gasteiger charge is 2.23. The van der Waals surface area contributed by atoms with E-state index in [-0.39, 0.29) is 11.9 Å². The first-order valence-corrected chi connectivity index (χ1v) is 9.53. The summed E-state index contributed by atoms with van der Waals surface area (Å²) in [6.07, 6.45) is 7.76. The molecule has 5 heteroatoms. The number of hydrogen-bond donors (Lipinski definition) is 0. The van der Waals surface area contributed by atoms with E-state index in [1.807, 2.05) is 41.1 Å². The molecule has 0 radical (unpaired) electrons. The molecule has 0 bridgehead atoms. The average Bonchev–Trinajstić information content (AvgIpc) is 3.18. The van der Waals surface area contributed by atoms with Crippen LogP contribution in [0, 0.1) is 0 Å². The monoisotopic (exact) mass is 410 g/mol. The number of nitrogens with zero attached hydrogens (tertiary/aromatic N) is 2. The lowest BCUT2D eigenvalue weighted by molar-refractivity contribution is 0.0972. The average molecular weight is 411 g/mol. The molecular formula is C21H19BrN2O2. The third kappa shape index (κ3) is 3.44. The van der Waals surface area contributed by atoms with E-state index >= 15 is 0 Å². The topological polar surface area (TPSA) is 44.1 Å². The predicted octanol–water partition coefficient (Wildman–Crippen LogP) is 4.98. The number of imidazole rings is 1. The second-order valence-electron chi connectivity index (χ2n) is 6.46. The van der Waals surface area contributed by atoms with Gasteiger partial charge in [-0.1, -0.05) is 30.3 Å². The Morgan fingerprint density at radius 1 is 1.15 bits per heavy atom. The summed E-state index contributed by atoms with van der Waals surface area (Å²) in [5.41, 5.74) is 2.98. The lowest BCUT2D eigenvalue weighted by Gasteiger charge is -2.23. The largest absolute Gasteiger partial charge is 0.483 e. The van der Waals surface area contributed by atoms with Crippen LogP contribution in [0.2, 0.25) is 0 Å². The Kier molecular flexibility index (Phi) is 4.89. The van der Waals surface area contributed by atoms with Crippen LogP contribution in [-0.2, 0) is 13.0 Å². The van der Waals surface area contributed by atoms with Gasteiger partial charge in [-0.2, -0.15) is 0 Å². The van der Waals surface area contributed by atoms with E-state index in [0.29, 0.717) is 13.0 Å². The first-order chi connectivity index (χ1) is 12.7. The lowest BCUT2D eigenvalue weighted by Crippen LogP contribution is -2.16. The summed E-state index contributed by atoms with van der Waals surface area (Å²) in [5, 5.41) is 0. The standard InChI is InChI=1S/C21H19BrN2O2/c22-21-17-7-4-8-18(25)16(17)9-10-19(21)26-20(13-24-12-11-23-14-24)15-5-2-1-3-6-15/h1-3,5-6,9-12,14,20H,4,7-8,13H2. The van der Waals surface area contributed by atoms with E-state index in [2.05, 4.69) is 33.0 Å². The van der Waals surface area contributed by atoms with Gasteiger partial charge in [0.25, 0.3) is 0 Å². The number of rotatable bonds is 5. The molecule has 0 saturated heterocycles. The van der Waals surface area contributed by atoms with E-state index < -0.39 is 0 Å². The number of halogens is 1. The molecule has 1 aliphatic rings. The number of Topliss-reactive ketones (excluding diaryl/α,β-unsaturated/α-hetero) is 1. The van der Waals surface area contributed by atoms with Crippen LogP contribution in [0.5, 0.6) is 5.75 Å². The molecule has 0 spiro atoms. The zero-order chi connectivity index (χ0) is 17.9. The summed E-state index contributed by atoms with van der Waals surface area (Å²) >= 11 is 3.68. The smallest absolute Gasteiger partial charge is 0.163 e. The maximum atomic E-state index is 12.1. The molecule has 0 aliphatic heterocycles. The zero-order valence-corrected chi connectivity index (χ0v) is 15.9. The quantitative estimate of drug-likeness (QED) is 0.595. The van der Waals surface area contributed by atoms with Gasteiger partial charge in [-0.15, -0.1) is 0 Å². The fourth-order valence-corrected chi connectivity index (χ4v) is 4.01. The molecule has 132 valence electrons. The van der Waals surface area contributed by atoms with Gasteiger partial charge in [-0.25, -0.2) is 4.98 Å². The molecule has 1 aliphatic carbocycles. The number of aromatic nitrogens is 2. The fraction of sp³-hybridized carbons (Fsp3) is 0.238. The van der Waals surface area contributed by atoms with Crippen LogP contribution >= 0.6 is 15.9 Å². The van der Waals surface area contributed by atoms with Gasteiger partial charge >= 0.3 is 0 Å². The van der Waals surface area contributed by atoms with Crippen LogP contribution in [0.1, 0.15) is 40.4 Å². The summed E-state index contributed by atoms with van der Waals surface area (Å²) in [4.78, 5) is 16.3. The minimum absolute atomic E-state index is 0.154. The predicted molar refractivity (Wildman–Crippen MR) is 103 cm³/mol. The summed E-state index contributed by atoms with van der Waals surface area (Å²) in [6, 6.07) is 14.0. The van der Waals surface area contributed by atoms with Crippen molar-refractivity contribution in [2.75, 3.05) is 0 Å². The van der Waals surface area contributed by atoms with Crippen LogP contribution in [0.15, 0.2) is 65.7 Å². The van der Waals surface area contributed by atoms with E-state index in [0.717, 1.165) is 39.8 Å². The minimum Gasteiger partial charge on any atom is -0.483 e. The number of hydrogen-bond acceptors (Lipinski definition) is 3. The van der Waals surface area contributed by atoms with Gasteiger partial charge in [0, 0.05) is 24.4 Å². The molecular weight excluding hydrogens is 392 g/mol. The fourth-order valence-electron chi connectivity index (χ4n) is 3.37. The van der Waals surface area contributed by atoms with Crippen molar-refractivity contribution in [3.63, 3.8) is 0 Å². The third-order valence-corrected chi connectivity index (χ3v) is 5.58. The summed E-state index contributed by atoms with van der Waals surface area (Å²) in [5.74, 6) is 0.990. The third-order valence-electron chi connectivity index (χ3n) is 4.72. The van der Waals surface area contributed by atoms with Gasteiger partial charge in [0.1, 0.15) is 11.9 Å². The Hall–Kier alpha value is -2.40. The van der Waals surface area contributed by atoms with Crippen LogP contribution < -0.4 is 4.74 Å². The van der Waals surface area contributed by atoms with Crippen molar-refractivity contribution in [3.05, 3.63) is 82.3 Å². The molecule has 4 rings (SSSR count). The normalized spacial score (nSPS) is 14.7. The highest BCUT2D eigenvalue weighted by molar-refractivity contribution is 9.10. The van der Waals surface area contributed by atoms with Crippen molar-refractivity contribution in [3.8, 4) is 5.75 Å². The van der Waals surface area contributed by atoms with Crippen LogP contribution in [0.4, 0.5) is 0 Å². The zero-order valence-electron chi connectivity index (χ0n) is 14.3. The number of carbonyl (C=O) groups is 1. The first kappa shape index (κ1) is 17.0. The lowest BCUT2D eigenvalue weighted by atomic mass is 9.90. The van der Waals surface area contributed by atoms with E-state index in [1.54, 1.807) is 12.5 Å². The number of ketones is 1. The highest BCUT2D eigenvalue weighted by atomic mass is 79.9. The molecule has 0 fully saturated rings. The molecule has 2 aromatic carbocycles. The van der Waals surface area contributed by atoms with Crippen molar-refractivity contribution in [2.24, 2.45) is 0 Å². The van der Waals surface area contributed by atoms with Gasteiger partial charge in [0.2, 0.25) is 0 Å². The van der Waals surface area contributed by atoms with Crippen molar-refractivity contribution in [1.82, 2.24) is 9.55 Å². The van der Waals surface area contributed by atoms with Crippen molar-refractivity contribution < 1.29 is 9.53 Å². The number of fused-ring (bicyclic) bond motifs is 1. The van der Waals surface area contributed by atoms with Gasteiger partial charge in [0.15, 0.2) is 5.78 Å². The maximum absolute atomic E-state index is 12.1. The number of ether oxygens (including phenoxy) is 1. The van der Waals surface area contributed by atoms with Crippen molar-refractivity contribution in [2.45, 2.75) is 31.9 Å². The number of benzene rings is 2. The van der Waals surface area contributed by atoms with Crippen LogP contribution in [0.25, 0.3) is 0 Å². The second-order valence-corrected chi connectivity index (χ2v) is 7.25. The van der Waals surface area contributed by atoms with Crippen molar-refractivity contribution >= 4 is 21.7 Å². The Bertz CT molecular complexity index is 907. The Balaban J connectivity index is 1.66. The van der Waals surface area contributed by atoms with Gasteiger partial charge in [0.05, 0.1) is 17.3 Å². The van der Waals surface area contributed by atoms with E-state index in [1.165, 1.54) is 0 Å². The van der Waals surface area contributed by atoms with Crippen LogP contribution in [-0.4, -0.2) is 15.3 Å². The maximum Gasteiger partial charge on any atom is 0.163 e. The molecule has 4 nitrogen and oxygen atoms in total. The molecule has 26 heavy (non-hydrogen) atoms. The molecule has 3 aromatic rings. The molecule has 1 aromatic heterocycles. The SMILES string of the molecule is O=C1CCCc2c1ccc(OC(Cn1ccnc1)c1ccccc1)c2Br. The van der Waals surface area contributed by atoms with Crippen molar-refractivity contribution in [1.29, 1.82) is 0 Å². The highest BCUT2D eigenvalue weighted by Crippen LogP contribution is 2.37. The molecule has 0 amide bonds. The Labute approximate surface area is 161 Å². The molecule has 1 unspecified atom stereocenters. The second kappa shape index (κ2) is 7.46. The molecule has 1 heterocycles. The first-order valence-electron chi connectivity index (χ1n) is 8.74. The molecule has 1 atom stereocenters. The Morgan fingerprint density at radius 3 is 2.77 bits per heavy atom. The van der Waals surface area contributed by atoms with Gasteiger partial charge in [-0.3, -0.25) is 4.79 Å². The number of carbonyl (C=O) groups excluding carboxylic acids is 1. The van der Waals surface area contributed by atoms with Gasteiger partial charge in [-0.05, 0) is 52.0 Å². The summed E-state index contributed by atoms with van der Waals surface area (Å²) in [7, 11) is 0. The summed E-state index contributed by atoms with van der Waals surface area (Å²) < 4.78 is 9.30. The Morgan fingerprint density at radius 2 is 2.00 bits per heavy atom. The molecule has 0 N–H and O–H groups in total. The van der Waals surface area contributed by atoms with E-state index in [4.69, 9.17) is 4.74 Å². The van der Waals surface area contributed by atoms with Crippen LogP contribution in [0.3, 0.4) is 0 Å². The summed E-state index contributed by atoms with van der Waals surface area (Å²) in [6.45, 7) is 0.659.